The van der Waals surface area contributed by atoms with E-state index in [0.717, 1.165) is 0 Å². The quantitative estimate of drug-likeness (QED) is 0.896. The van der Waals surface area contributed by atoms with Gasteiger partial charge in [-0.2, -0.15) is 0 Å². The fraction of sp³-hybridized carbons (Fsp3) is 0.588. The smallest absolute Gasteiger partial charge is 0.311 e. The average molecular weight is 334 g/mol. The number of amides is 1. The van der Waals surface area contributed by atoms with Crippen molar-refractivity contribution in [3.8, 4) is 5.88 Å². The molecule has 1 N–H and O–H groups in total. The van der Waals surface area contributed by atoms with Gasteiger partial charge in [-0.1, -0.05) is 0 Å². The van der Waals surface area contributed by atoms with Gasteiger partial charge in [0, 0.05) is 37.9 Å². The fourth-order valence-electron chi connectivity index (χ4n) is 3.45. The van der Waals surface area contributed by atoms with Gasteiger partial charge in [-0.05, 0) is 26.3 Å². The highest BCUT2D eigenvalue weighted by atomic mass is 16.5. The van der Waals surface area contributed by atoms with E-state index in [2.05, 4.69) is 4.98 Å². The third kappa shape index (κ3) is 2.96. The SMILES string of the molecule is CC(C)Oc1ccc(C(=O)N2C[C@H]3COCC[C@@]3(C(=O)O)C2)cn1. The molecule has 0 aliphatic carbocycles. The summed E-state index contributed by atoms with van der Waals surface area (Å²) in [7, 11) is 0. The maximum atomic E-state index is 12.7. The topological polar surface area (TPSA) is 89.0 Å². The van der Waals surface area contributed by atoms with E-state index in [4.69, 9.17) is 9.47 Å². The van der Waals surface area contributed by atoms with E-state index in [-0.39, 0.29) is 24.5 Å². The summed E-state index contributed by atoms with van der Waals surface area (Å²) in [6.45, 7) is 5.23. The molecule has 0 unspecified atom stereocenters. The van der Waals surface area contributed by atoms with Gasteiger partial charge in [0.1, 0.15) is 0 Å². The monoisotopic (exact) mass is 334 g/mol. The number of nitrogens with zero attached hydrogens (tertiary/aromatic N) is 2. The average Bonchev–Trinajstić information content (AvgIpc) is 2.95. The molecule has 0 radical (unpaired) electrons. The number of rotatable bonds is 4. The molecule has 1 aromatic heterocycles. The predicted molar refractivity (Wildman–Crippen MR) is 84.9 cm³/mol. The molecule has 130 valence electrons. The molecule has 2 saturated heterocycles. The molecule has 24 heavy (non-hydrogen) atoms. The third-order valence-electron chi connectivity index (χ3n) is 4.76. The van der Waals surface area contributed by atoms with Crippen molar-refractivity contribution in [2.75, 3.05) is 26.3 Å². The number of pyridine rings is 1. The van der Waals surface area contributed by atoms with Crippen molar-refractivity contribution in [2.45, 2.75) is 26.4 Å². The van der Waals surface area contributed by atoms with Gasteiger partial charge in [-0.15, -0.1) is 0 Å². The van der Waals surface area contributed by atoms with Crippen molar-refractivity contribution in [1.29, 1.82) is 0 Å². The number of hydrogen-bond donors (Lipinski definition) is 1. The molecule has 0 bridgehead atoms. The van der Waals surface area contributed by atoms with Crippen molar-refractivity contribution < 1.29 is 24.2 Å². The molecule has 2 aliphatic heterocycles. The number of carbonyl (C=O) groups excluding carboxylic acids is 1. The Labute approximate surface area is 140 Å². The normalized spacial score (nSPS) is 26.3. The summed E-state index contributed by atoms with van der Waals surface area (Å²) in [4.78, 5) is 30.2. The summed E-state index contributed by atoms with van der Waals surface area (Å²) in [5, 5.41) is 9.67. The van der Waals surface area contributed by atoms with Crippen molar-refractivity contribution in [3.05, 3.63) is 23.9 Å². The summed E-state index contributed by atoms with van der Waals surface area (Å²) < 4.78 is 10.9. The van der Waals surface area contributed by atoms with Crippen LogP contribution in [-0.4, -0.2) is 59.3 Å². The maximum absolute atomic E-state index is 12.7. The van der Waals surface area contributed by atoms with Gasteiger partial charge >= 0.3 is 5.97 Å². The second-order valence-corrected chi connectivity index (χ2v) is 6.72. The van der Waals surface area contributed by atoms with Gasteiger partial charge in [-0.25, -0.2) is 4.98 Å². The zero-order valence-electron chi connectivity index (χ0n) is 13.9. The lowest BCUT2D eigenvalue weighted by Gasteiger charge is -2.33. The van der Waals surface area contributed by atoms with Crippen LogP contribution >= 0.6 is 0 Å². The Morgan fingerprint density at radius 1 is 1.46 bits per heavy atom. The van der Waals surface area contributed by atoms with Crippen LogP contribution in [-0.2, 0) is 9.53 Å². The van der Waals surface area contributed by atoms with Crippen molar-refractivity contribution >= 4 is 11.9 Å². The van der Waals surface area contributed by atoms with E-state index in [0.29, 0.717) is 37.6 Å². The van der Waals surface area contributed by atoms with Crippen LogP contribution in [0.25, 0.3) is 0 Å². The molecule has 1 amide bonds. The first-order valence-electron chi connectivity index (χ1n) is 8.15. The highest BCUT2D eigenvalue weighted by molar-refractivity contribution is 5.95. The van der Waals surface area contributed by atoms with Crippen molar-refractivity contribution in [2.24, 2.45) is 11.3 Å². The molecule has 1 aromatic rings. The first kappa shape index (κ1) is 16.7. The third-order valence-corrected chi connectivity index (χ3v) is 4.76. The van der Waals surface area contributed by atoms with Crippen LogP contribution in [0.3, 0.4) is 0 Å². The molecule has 0 saturated carbocycles. The number of ether oxygens (including phenoxy) is 2. The van der Waals surface area contributed by atoms with E-state index in [1.807, 2.05) is 13.8 Å². The van der Waals surface area contributed by atoms with Crippen LogP contribution < -0.4 is 4.74 Å². The first-order valence-corrected chi connectivity index (χ1v) is 8.15. The van der Waals surface area contributed by atoms with E-state index < -0.39 is 11.4 Å². The summed E-state index contributed by atoms with van der Waals surface area (Å²) in [6.07, 6.45) is 1.93. The van der Waals surface area contributed by atoms with E-state index in [1.165, 1.54) is 6.20 Å². The van der Waals surface area contributed by atoms with E-state index >= 15 is 0 Å². The molecule has 0 spiro atoms. The largest absolute Gasteiger partial charge is 0.481 e. The van der Waals surface area contributed by atoms with Gasteiger partial charge in [-0.3, -0.25) is 9.59 Å². The Bertz CT molecular complexity index is 630. The lowest BCUT2D eigenvalue weighted by molar-refractivity contribution is -0.157. The molecule has 0 aromatic carbocycles. The molecule has 3 rings (SSSR count). The number of aliphatic carboxylic acids is 1. The number of carboxylic acid groups (broad SMARTS) is 1. The highest BCUT2D eigenvalue weighted by Crippen LogP contribution is 2.42. The summed E-state index contributed by atoms with van der Waals surface area (Å²) in [5.74, 6) is -0.741. The Morgan fingerprint density at radius 3 is 2.83 bits per heavy atom. The summed E-state index contributed by atoms with van der Waals surface area (Å²) in [6, 6.07) is 3.32. The second kappa shape index (κ2) is 6.39. The van der Waals surface area contributed by atoms with E-state index in [9.17, 15) is 14.7 Å². The Kier molecular flexibility index (Phi) is 4.45. The molecule has 2 atom stereocenters. The van der Waals surface area contributed by atoms with Gasteiger partial charge < -0.3 is 19.5 Å². The molecule has 7 nitrogen and oxygen atoms in total. The van der Waals surface area contributed by atoms with Gasteiger partial charge in [0.05, 0.1) is 23.7 Å². The second-order valence-electron chi connectivity index (χ2n) is 6.72. The Hall–Kier alpha value is -2.15. The lowest BCUT2D eigenvalue weighted by Crippen LogP contribution is -2.45. The van der Waals surface area contributed by atoms with Crippen molar-refractivity contribution in [3.63, 3.8) is 0 Å². The van der Waals surface area contributed by atoms with Gasteiger partial charge in [0.15, 0.2) is 0 Å². The standard InChI is InChI=1S/C17H22N2O5/c1-11(2)24-14-4-3-12(7-18-14)15(20)19-8-13-9-23-6-5-17(13,10-19)16(21)22/h3-4,7,11,13H,5-6,8-10H2,1-2H3,(H,21,22)/t13-,17+/m0/s1. The predicted octanol–water partition coefficient (Wildman–Crippen LogP) is 1.43. The zero-order valence-corrected chi connectivity index (χ0v) is 13.9. The summed E-state index contributed by atoms with van der Waals surface area (Å²) in [5.41, 5.74) is -0.451. The fourth-order valence-corrected chi connectivity index (χ4v) is 3.45. The molecular weight excluding hydrogens is 312 g/mol. The molecule has 3 heterocycles. The van der Waals surface area contributed by atoms with Gasteiger partial charge in [0.2, 0.25) is 5.88 Å². The van der Waals surface area contributed by atoms with Crippen LogP contribution in [0.1, 0.15) is 30.6 Å². The number of carboxylic acids is 1. The van der Waals surface area contributed by atoms with Crippen molar-refractivity contribution in [1.82, 2.24) is 9.88 Å². The minimum Gasteiger partial charge on any atom is -0.481 e. The molecule has 2 aliphatic rings. The number of likely N-dealkylation sites (tertiary alicyclic amines) is 1. The number of hydrogen-bond acceptors (Lipinski definition) is 5. The minimum absolute atomic E-state index is 0.0104. The Morgan fingerprint density at radius 2 is 2.25 bits per heavy atom. The maximum Gasteiger partial charge on any atom is 0.311 e. The van der Waals surface area contributed by atoms with Gasteiger partial charge in [0.25, 0.3) is 5.91 Å². The van der Waals surface area contributed by atoms with Crippen LogP contribution in [0.2, 0.25) is 0 Å². The molecule has 7 heteroatoms. The minimum atomic E-state index is -0.887. The lowest BCUT2D eigenvalue weighted by atomic mass is 9.74. The molecule has 2 fully saturated rings. The number of carbonyl (C=O) groups is 2. The van der Waals surface area contributed by atoms with Crippen LogP contribution in [0.5, 0.6) is 5.88 Å². The number of fused-ring (bicyclic) bond motifs is 1. The van der Waals surface area contributed by atoms with Crippen LogP contribution in [0, 0.1) is 11.3 Å². The van der Waals surface area contributed by atoms with Crippen LogP contribution in [0.15, 0.2) is 18.3 Å². The summed E-state index contributed by atoms with van der Waals surface area (Å²) >= 11 is 0. The first-order chi connectivity index (χ1) is 11.4. The highest BCUT2D eigenvalue weighted by Gasteiger charge is 2.54. The van der Waals surface area contributed by atoms with Crippen LogP contribution in [0.4, 0.5) is 0 Å². The number of aromatic nitrogens is 1. The molecular formula is C17H22N2O5. The zero-order chi connectivity index (χ0) is 17.3. The Balaban J connectivity index is 1.75. The van der Waals surface area contributed by atoms with E-state index in [1.54, 1.807) is 17.0 Å².